The van der Waals surface area contributed by atoms with Crippen LogP contribution in [0, 0.1) is 12.7 Å². The van der Waals surface area contributed by atoms with Gasteiger partial charge in [0.25, 0.3) is 0 Å². The first-order valence-corrected chi connectivity index (χ1v) is 6.15. The number of aryl methyl sites for hydroxylation is 1. The molecule has 4 heteroatoms. The molecule has 0 bridgehead atoms. The SMILES string of the molecule is Cc1cc(C(N)c2ccsc2)c(Cl)cc1F. The average molecular weight is 256 g/mol. The molecular weight excluding hydrogens is 245 g/mol. The van der Waals surface area contributed by atoms with Crippen molar-refractivity contribution in [1.29, 1.82) is 0 Å². The third kappa shape index (κ3) is 2.12. The van der Waals surface area contributed by atoms with Crippen LogP contribution in [0.5, 0.6) is 0 Å². The Kier molecular flexibility index (Phi) is 3.28. The first kappa shape index (κ1) is 11.6. The van der Waals surface area contributed by atoms with Crippen LogP contribution < -0.4 is 5.73 Å². The molecule has 1 atom stereocenters. The highest BCUT2D eigenvalue weighted by Crippen LogP contribution is 2.29. The van der Waals surface area contributed by atoms with Crippen LogP contribution in [0.25, 0.3) is 0 Å². The second-order valence-electron chi connectivity index (χ2n) is 3.66. The molecule has 1 heterocycles. The topological polar surface area (TPSA) is 26.0 Å². The van der Waals surface area contributed by atoms with Gasteiger partial charge in [0.2, 0.25) is 0 Å². The summed E-state index contributed by atoms with van der Waals surface area (Å²) in [5, 5.41) is 4.31. The summed E-state index contributed by atoms with van der Waals surface area (Å²) in [6.45, 7) is 1.70. The van der Waals surface area contributed by atoms with E-state index in [2.05, 4.69) is 0 Å². The number of hydrogen-bond donors (Lipinski definition) is 1. The monoisotopic (exact) mass is 255 g/mol. The molecule has 0 saturated heterocycles. The van der Waals surface area contributed by atoms with Crippen LogP contribution in [-0.2, 0) is 0 Å². The molecule has 0 amide bonds. The van der Waals surface area contributed by atoms with Crippen molar-refractivity contribution in [3.05, 3.63) is 56.5 Å². The molecule has 0 aliphatic carbocycles. The molecule has 0 fully saturated rings. The summed E-state index contributed by atoms with van der Waals surface area (Å²) in [6.07, 6.45) is 0. The first-order valence-electron chi connectivity index (χ1n) is 4.83. The summed E-state index contributed by atoms with van der Waals surface area (Å²) >= 11 is 7.58. The lowest BCUT2D eigenvalue weighted by molar-refractivity contribution is 0.617. The molecule has 84 valence electrons. The maximum absolute atomic E-state index is 13.2. The van der Waals surface area contributed by atoms with Crippen molar-refractivity contribution in [2.75, 3.05) is 0 Å². The van der Waals surface area contributed by atoms with Crippen molar-refractivity contribution in [2.45, 2.75) is 13.0 Å². The fourth-order valence-corrected chi connectivity index (χ4v) is 2.51. The molecule has 1 aromatic carbocycles. The number of nitrogens with two attached hydrogens (primary N) is 1. The number of benzene rings is 1. The van der Waals surface area contributed by atoms with Gasteiger partial charge in [-0.1, -0.05) is 11.6 Å². The minimum atomic E-state index is -0.300. The summed E-state index contributed by atoms with van der Waals surface area (Å²) in [6, 6.07) is 4.68. The highest BCUT2D eigenvalue weighted by molar-refractivity contribution is 7.08. The Hall–Kier alpha value is -0.900. The van der Waals surface area contributed by atoms with Crippen LogP contribution in [0.3, 0.4) is 0 Å². The van der Waals surface area contributed by atoms with Gasteiger partial charge in [0.1, 0.15) is 5.82 Å². The first-order chi connectivity index (χ1) is 7.59. The van der Waals surface area contributed by atoms with Crippen LogP contribution in [0.15, 0.2) is 29.0 Å². The highest BCUT2D eigenvalue weighted by atomic mass is 35.5. The van der Waals surface area contributed by atoms with E-state index in [1.165, 1.54) is 6.07 Å². The fraction of sp³-hybridized carbons (Fsp3) is 0.167. The van der Waals surface area contributed by atoms with E-state index in [9.17, 15) is 4.39 Å². The average Bonchev–Trinajstić information content (AvgIpc) is 2.75. The predicted octanol–water partition coefficient (Wildman–Crippen LogP) is 3.90. The maximum atomic E-state index is 13.2. The third-order valence-electron chi connectivity index (χ3n) is 2.52. The zero-order chi connectivity index (χ0) is 11.7. The van der Waals surface area contributed by atoms with Gasteiger partial charge in [0.05, 0.1) is 6.04 Å². The minimum absolute atomic E-state index is 0.293. The molecule has 2 aromatic rings. The smallest absolute Gasteiger partial charge is 0.127 e. The van der Waals surface area contributed by atoms with E-state index < -0.39 is 0 Å². The minimum Gasteiger partial charge on any atom is -0.320 e. The Labute approximate surface area is 103 Å². The molecule has 1 unspecified atom stereocenters. The molecule has 0 saturated carbocycles. The largest absolute Gasteiger partial charge is 0.320 e. The predicted molar refractivity (Wildman–Crippen MR) is 66.5 cm³/mol. The summed E-state index contributed by atoms with van der Waals surface area (Å²) in [5.74, 6) is -0.300. The van der Waals surface area contributed by atoms with Gasteiger partial charge in [-0.05, 0) is 52.6 Å². The molecule has 2 N–H and O–H groups in total. The molecule has 16 heavy (non-hydrogen) atoms. The standard InChI is InChI=1S/C12H11ClFNS/c1-7-4-9(10(13)5-11(7)14)12(15)8-2-3-16-6-8/h2-6,12H,15H2,1H3. The van der Waals surface area contributed by atoms with Crippen molar-refractivity contribution in [1.82, 2.24) is 0 Å². The van der Waals surface area contributed by atoms with Crippen LogP contribution in [-0.4, -0.2) is 0 Å². The van der Waals surface area contributed by atoms with E-state index in [1.54, 1.807) is 24.3 Å². The summed E-state index contributed by atoms with van der Waals surface area (Å²) in [4.78, 5) is 0. The van der Waals surface area contributed by atoms with Gasteiger partial charge in [-0.3, -0.25) is 0 Å². The number of hydrogen-bond acceptors (Lipinski definition) is 2. The Morgan fingerprint density at radius 1 is 1.44 bits per heavy atom. The lowest BCUT2D eigenvalue weighted by atomic mass is 10.0. The van der Waals surface area contributed by atoms with Crippen LogP contribution in [0.2, 0.25) is 5.02 Å². The van der Waals surface area contributed by atoms with E-state index in [-0.39, 0.29) is 11.9 Å². The summed E-state index contributed by atoms with van der Waals surface area (Å²) in [5.41, 5.74) is 8.40. The normalized spacial score (nSPS) is 12.8. The zero-order valence-corrected chi connectivity index (χ0v) is 10.3. The fourth-order valence-electron chi connectivity index (χ4n) is 1.55. The molecule has 0 spiro atoms. The van der Waals surface area contributed by atoms with Crippen LogP contribution in [0.4, 0.5) is 4.39 Å². The lowest BCUT2D eigenvalue weighted by Gasteiger charge is -2.13. The third-order valence-corrected chi connectivity index (χ3v) is 3.54. The molecule has 0 aliphatic rings. The van der Waals surface area contributed by atoms with Gasteiger partial charge in [-0.25, -0.2) is 4.39 Å². The highest BCUT2D eigenvalue weighted by Gasteiger charge is 2.14. The van der Waals surface area contributed by atoms with E-state index in [0.717, 1.165) is 11.1 Å². The van der Waals surface area contributed by atoms with Gasteiger partial charge in [0, 0.05) is 5.02 Å². The Morgan fingerprint density at radius 2 is 2.19 bits per heavy atom. The van der Waals surface area contributed by atoms with Gasteiger partial charge in [-0.15, -0.1) is 0 Å². The number of halogens is 2. The molecular formula is C12H11ClFNS. The van der Waals surface area contributed by atoms with Crippen molar-refractivity contribution in [3.8, 4) is 0 Å². The van der Waals surface area contributed by atoms with Crippen molar-refractivity contribution in [2.24, 2.45) is 5.73 Å². The summed E-state index contributed by atoms with van der Waals surface area (Å²) < 4.78 is 13.2. The van der Waals surface area contributed by atoms with E-state index in [0.29, 0.717) is 10.6 Å². The Morgan fingerprint density at radius 3 is 2.81 bits per heavy atom. The molecule has 0 radical (unpaired) electrons. The molecule has 2 rings (SSSR count). The van der Waals surface area contributed by atoms with Gasteiger partial charge in [-0.2, -0.15) is 11.3 Å². The van der Waals surface area contributed by atoms with Gasteiger partial charge in [0.15, 0.2) is 0 Å². The van der Waals surface area contributed by atoms with E-state index in [1.807, 2.05) is 16.8 Å². The Balaban J connectivity index is 2.44. The second-order valence-corrected chi connectivity index (χ2v) is 4.84. The van der Waals surface area contributed by atoms with Crippen LogP contribution in [0.1, 0.15) is 22.7 Å². The van der Waals surface area contributed by atoms with Gasteiger partial charge >= 0.3 is 0 Å². The van der Waals surface area contributed by atoms with Crippen LogP contribution >= 0.6 is 22.9 Å². The molecule has 0 aliphatic heterocycles. The molecule has 1 nitrogen and oxygen atoms in total. The number of rotatable bonds is 2. The lowest BCUT2D eigenvalue weighted by Crippen LogP contribution is -2.12. The maximum Gasteiger partial charge on any atom is 0.127 e. The quantitative estimate of drug-likeness (QED) is 0.866. The molecule has 1 aromatic heterocycles. The number of thiophene rings is 1. The zero-order valence-electron chi connectivity index (χ0n) is 8.71. The van der Waals surface area contributed by atoms with Crippen molar-refractivity contribution < 1.29 is 4.39 Å². The second kappa shape index (κ2) is 4.53. The van der Waals surface area contributed by atoms with Gasteiger partial charge < -0.3 is 5.73 Å². The van der Waals surface area contributed by atoms with Crippen molar-refractivity contribution in [3.63, 3.8) is 0 Å². The van der Waals surface area contributed by atoms with E-state index >= 15 is 0 Å². The van der Waals surface area contributed by atoms with E-state index in [4.69, 9.17) is 17.3 Å². The summed E-state index contributed by atoms with van der Waals surface area (Å²) in [7, 11) is 0. The Bertz CT molecular complexity index is 496. The van der Waals surface area contributed by atoms with Crippen molar-refractivity contribution >= 4 is 22.9 Å².